The average molecular weight is 195 g/mol. The Bertz CT molecular complexity index is 186. The molecular formula is C7H11F2NOS. The first-order chi connectivity index (χ1) is 5.55. The van der Waals surface area contributed by atoms with Gasteiger partial charge in [-0.2, -0.15) is 11.8 Å². The van der Waals surface area contributed by atoms with Crippen LogP contribution in [0.25, 0.3) is 0 Å². The van der Waals surface area contributed by atoms with Gasteiger partial charge in [-0.25, -0.2) is 8.78 Å². The van der Waals surface area contributed by atoms with Gasteiger partial charge in [0.2, 0.25) is 5.91 Å². The molecule has 1 aliphatic heterocycles. The number of carbonyl (C=O) groups is 1. The number of nitrogens with zero attached hydrogens (tertiary/aromatic N) is 1. The highest BCUT2D eigenvalue weighted by Crippen LogP contribution is 2.26. The molecule has 0 unspecified atom stereocenters. The molecule has 1 saturated heterocycles. The standard InChI is InChI=1S/C7H11F2NOS/c1-12-4-6(11)10-3-2-7(8,9)5-10/h2-5H2,1H3. The van der Waals surface area contributed by atoms with Crippen LogP contribution in [0, 0.1) is 0 Å². The average Bonchev–Trinajstić information content (AvgIpc) is 2.31. The Labute approximate surface area is 74.3 Å². The van der Waals surface area contributed by atoms with Gasteiger partial charge in [0.25, 0.3) is 5.92 Å². The number of likely N-dealkylation sites (tertiary alicyclic amines) is 1. The summed E-state index contributed by atoms with van der Waals surface area (Å²) in [7, 11) is 0. The number of carbonyl (C=O) groups excluding carboxylic acids is 1. The summed E-state index contributed by atoms with van der Waals surface area (Å²) in [6.45, 7) is -0.196. The van der Waals surface area contributed by atoms with Gasteiger partial charge in [-0.1, -0.05) is 0 Å². The zero-order valence-corrected chi connectivity index (χ0v) is 7.66. The largest absolute Gasteiger partial charge is 0.336 e. The van der Waals surface area contributed by atoms with Crippen molar-refractivity contribution < 1.29 is 13.6 Å². The van der Waals surface area contributed by atoms with Crippen LogP contribution < -0.4 is 0 Å². The maximum absolute atomic E-state index is 12.6. The molecule has 1 rings (SSSR count). The predicted molar refractivity (Wildman–Crippen MR) is 44.5 cm³/mol. The van der Waals surface area contributed by atoms with Crippen LogP contribution in [0.1, 0.15) is 6.42 Å². The van der Waals surface area contributed by atoms with Crippen LogP contribution in [0.2, 0.25) is 0 Å². The topological polar surface area (TPSA) is 20.3 Å². The van der Waals surface area contributed by atoms with Gasteiger partial charge < -0.3 is 4.90 Å². The fourth-order valence-electron chi connectivity index (χ4n) is 1.16. The molecule has 1 aliphatic rings. The van der Waals surface area contributed by atoms with Crippen LogP contribution in [0.3, 0.4) is 0 Å². The number of thioether (sulfide) groups is 1. The third-order valence-electron chi connectivity index (χ3n) is 1.79. The Hall–Kier alpha value is -0.320. The molecule has 0 saturated carbocycles. The lowest BCUT2D eigenvalue weighted by Crippen LogP contribution is -2.32. The molecule has 0 spiro atoms. The lowest BCUT2D eigenvalue weighted by atomic mass is 10.3. The van der Waals surface area contributed by atoms with Gasteiger partial charge in [0.1, 0.15) is 0 Å². The first-order valence-electron chi connectivity index (χ1n) is 3.70. The number of hydrogen-bond donors (Lipinski definition) is 0. The number of rotatable bonds is 2. The highest BCUT2D eigenvalue weighted by Gasteiger charge is 2.39. The summed E-state index contributed by atoms with van der Waals surface area (Å²) in [6, 6.07) is 0. The molecule has 0 N–H and O–H groups in total. The van der Waals surface area contributed by atoms with E-state index in [-0.39, 0.29) is 18.9 Å². The predicted octanol–water partition coefficient (Wildman–Crippen LogP) is 1.22. The second-order valence-corrected chi connectivity index (χ2v) is 3.72. The highest BCUT2D eigenvalue weighted by atomic mass is 32.2. The van der Waals surface area contributed by atoms with Crippen molar-refractivity contribution in [3.63, 3.8) is 0 Å². The van der Waals surface area contributed by atoms with Crippen molar-refractivity contribution in [1.29, 1.82) is 0 Å². The van der Waals surface area contributed by atoms with E-state index in [1.54, 1.807) is 6.26 Å². The highest BCUT2D eigenvalue weighted by molar-refractivity contribution is 7.99. The summed E-state index contributed by atoms with van der Waals surface area (Å²) < 4.78 is 25.2. The molecule has 0 aliphatic carbocycles. The van der Waals surface area contributed by atoms with Crippen LogP contribution in [-0.4, -0.2) is 41.8 Å². The molecule has 1 heterocycles. The van der Waals surface area contributed by atoms with E-state index < -0.39 is 12.5 Å². The molecule has 0 aromatic rings. The van der Waals surface area contributed by atoms with Crippen molar-refractivity contribution in [2.24, 2.45) is 0 Å². The molecule has 2 nitrogen and oxygen atoms in total. The Balaban J connectivity index is 2.41. The van der Waals surface area contributed by atoms with E-state index in [1.165, 1.54) is 16.7 Å². The minimum absolute atomic E-state index is 0.181. The molecule has 0 aromatic heterocycles. The molecule has 70 valence electrons. The summed E-state index contributed by atoms with van der Waals surface area (Å²) in [5, 5.41) is 0. The van der Waals surface area contributed by atoms with Crippen molar-refractivity contribution in [3.8, 4) is 0 Å². The van der Waals surface area contributed by atoms with Crippen LogP contribution >= 0.6 is 11.8 Å². The lowest BCUT2D eigenvalue weighted by molar-refractivity contribution is -0.128. The van der Waals surface area contributed by atoms with E-state index in [2.05, 4.69) is 0 Å². The normalized spacial score (nSPS) is 21.4. The summed E-state index contributed by atoms with van der Waals surface area (Å²) in [6.07, 6.45) is 1.60. The van der Waals surface area contributed by atoms with Crippen molar-refractivity contribution in [3.05, 3.63) is 0 Å². The van der Waals surface area contributed by atoms with Crippen molar-refractivity contribution in [2.45, 2.75) is 12.3 Å². The van der Waals surface area contributed by atoms with E-state index in [0.29, 0.717) is 5.75 Å². The van der Waals surface area contributed by atoms with E-state index in [0.717, 1.165) is 0 Å². The van der Waals surface area contributed by atoms with Crippen LogP contribution in [-0.2, 0) is 4.79 Å². The first-order valence-corrected chi connectivity index (χ1v) is 5.09. The zero-order chi connectivity index (χ0) is 9.19. The van der Waals surface area contributed by atoms with Crippen molar-refractivity contribution >= 4 is 17.7 Å². The third-order valence-corrected chi connectivity index (χ3v) is 2.33. The van der Waals surface area contributed by atoms with Crippen molar-refractivity contribution in [1.82, 2.24) is 4.90 Å². The number of hydrogen-bond acceptors (Lipinski definition) is 2. The van der Waals surface area contributed by atoms with Crippen LogP contribution in [0.5, 0.6) is 0 Å². The van der Waals surface area contributed by atoms with Gasteiger partial charge in [-0.15, -0.1) is 0 Å². The summed E-state index contributed by atoms with van der Waals surface area (Å²) in [5.74, 6) is -2.54. The lowest BCUT2D eigenvalue weighted by Gasteiger charge is -2.14. The fourth-order valence-corrected chi connectivity index (χ4v) is 1.59. The van der Waals surface area contributed by atoms with E-state index >= 15 is 0 Å². The number of alkyl halides is 2. The number of amides is 1. The van der Waals surface area contributed by atoms with Gasteiger partial charge in [0.15, 0.2) is 0 Å². The van der Waals surface area contributed by atoms with E-state index in [1.807, 2.05) is 0 Å². The molecule has 0 aromatic carbocycles. The quantitative estimate of drug-likeness (QED) is 0.660. The summed E-state index contributed by atoms with van der Waals surface area (Å²) >= 11 is 1.36. The summed E-state index contributed by atoms with van der Waals surface area (Å²) in [4.78, 5) is 12.3. The molecule has 0 atom stereocenters. The van der Waals surface area contributed by atoms with E-state index in [9.17, 15) is 13.6 Å². The molecular weight excluding hydrogens is 184 g/mol. The van der Waals surface area contributed by atoms with Crippen molar-refractivity contribution in [2.75, 3.05) is 25.1 Å². The Kier molecular flexibility index (Phi) is 2.93. The first kappa shape index (κ1) is 9.77. The Morgan fingerprint density at radius 3 is 2.75 bits per heavy atom. The third kappa shape index (κ3) is 2.33. The summed E-state index contributed by atoms with van der Waals surface area (Å²) in [5.41, 5.74) is 0. The number of halogens is 2. The smallest absolute Gasteiger partial charge is 0.267 e. The van der Waals surface area contributed by atoms with Gasteiger partial charge in [-0.05, 0) is 6.26 Å². The second-order valence-electron chi connectivity index (χ2n) is 2.85. The Morgan fingerprint density at radius 1 is 1.67 bits per heavy atom. The second kappa shape index (κ2) is 3.60. The molecule has 12 heavy (non-hydrogen) atoms. The van der Waals surface area contributed by atoms with Crippen LogP contribution in [0.15, 0.2) is 0 Å². The molecule has 0 radical (unpaired) electrons. The Morgan fingerprint density at radius 2 is 2.33 bits per heavy atom. The minimum Gasteiger partial charge on any atom is -0.336 e. The van der Waals surface area contributed by atoms with Gasteiger partial charge in [0.05, 0.1) is 12.3 Å². The maximum atomic E-state index is 12.6. The van der Waals surface area contributed by atoms with E-state index in [4.69, 9.17) is 0 Å². The van der Waals surface area contributed by atoms with Gasteiger partial charge >= 0.3 is 0 Å². The molecule has 1 fully saturated rings. The minimum atomic E-state index is -2.66. The molecule has 0 bridgehead atoms. The zero-order valence-electron chi connectivity index (χ0n) is 6.85. The monoisotopic (exact) mass is 195 g/mol. The van der Waals surface area contributed by atoms with Crippen LogP contribution in [0.4, 0.5) is 8.78 Å². The molecule has 1 amide bonds. The van der Waals surface area contributed by atoms with Gasteiger partial charge in [-0.3, -0.25) is 4.79 Å². The fraction of sp³-hybridized carbons (Fsp3) is 0.857. The SMILES string of the molecule is CSCC(=O)N1CCC(F)(F)C1. The van der Waals surface area contributed by atoms with Gasteiger partial charge in [0, 0.05) is 13.0 Å². The molecule has 5 heteroatoms. The maximum Gasteiger partial charge on any atom is 0.267 e.